The van der Waals surface area contributed by atoms with Gasteiger partial charge in [0.15, 0.2) is 0 Å². The van der Waals surface area contributed by atoms with Crippen LogP contribution in [0, 0.1) is 18.6 Å². The summed E-state index contributed by atoms with van der Waals surface area (Å²) in [6.45, 7) is 4.03. The van der Waals surface area contributed by atoms with E-state index in [0.29, 0.717) is 53.1 Å². The van der Waals surface area contributed by atoms with E-state index >= 15 is 0 Å². The number of anilines is 3. The normalized spacial score (nSPS) is 13.6. The lowest BCUT2D eigenvalue weighted by molar-refractivity contribution is 0.102. The van der Waals surface area contributed by atoms with Crippen molar-refractivity contribution >= 4 is 51.1 Å². The molecule has 3 aromatic rings. The Bertz CT molecular complexity index is 1210. The fraction of sp³-hybridized carbons (Fsp3) is 0.217. The summed E-state index contributed by atoms with van der Waals surface area (Å²) < 4.78 is 33.1. The van der Waals surface area contributed by atoms with Crippen LogP contribution in [0.15, 0.2) is 42.5 Å². The van der Waals surface area contributed by atoms with E-state index in [0.717, 1.165) is 23.5 Å². The predicted molar refractivity (Wildman–Crippen MR) is 126 cm³/mol. The molecule has 0 saturated carbocycles. The number of carbonyl (C=O) groups excluding carboxylic acids is 2. The molecule has 1 fully saturated rings. The van der Waals surface area contributed by atoms with Crippen LogP contribution in [0.5, 0.6) is 0 Å². The van der Waals surface area contributed by atoms with Crippen LogP contribution in [0.2, 0.25) is 5.02 Å². The van der Waals surface area contributed by atoms with Gasteiger partial charge in [-0.25, -0.2) is 8.78 Å². The zero-order valence-electron chi connectivity index (χ0n) is 17.6. The Morgan fingerprint density at radius 3 is 2.48 bits per heavy atom. The Hall–Kier alpha value is -3.01. The van der Waals surface area contributed by atoms with E-state index in [-0.39, 0.29) is 10.6 Å². The molecule has 172 valence electrons. The van der Waals surface area contributed by atoms with Crippen molar-refractivity contribution in [1.29, 1.82) is 0 Å². The summed E-state index contributed by atoms with van der Waals surface area (Å²) in [7, 11) is 0. The number of hydrogen-bond donors (Lipinski definition) is 2. The van der Waals surface area contributed by atoms with E-state index < -0.39 is 23.4 Å². The highest BCUT2D eigenvalue weighted by Gasteiger charge is 2.19. The number of rotatable bonds is 5. The molecule has 2 aromatic carbocycles. The molecule has 2 amide bonds. The Morgan fingerprint density at radius 2 is 1.79 bits per heavy atom. The minimum absolute atomic E-state index is 0.0127. The van der Waals surface area contributed by atoms with E-state index in [1.807, 2.05) is 4.90 Å². The van der Waals surface area contributed by atoms with Gasteiger partial charge in [0.25, 0.3) is 11.8 Å². The summed E-state index contributed by atoms with van der Waals surface area (Å²) in [6.07, 6.45) is 0. The Morgan fingerprint density at radius 1 is 1.03 bits per heavy atom. The summed E-state index contributed by atoms with van der Waals surface area (Å²) >= 11 is 7.01. The summed E-state index contributed by atoms with van der Waals surface area (Å²) in [5, 5.41) is 5.78. The molecule has 0 spiro atoms. The average molecular weight is 492 g/mol. The molecule has 33 heavy (non-hydrogen) atoms. The highest BCUT2D eigenvalue weighted by atomic mass is 35.5. The molecule has 2 N–H and O–H groups in total. The summed E-state index contributed by atoms with van der Waals surface area (Å²) in [4.78, 5) is 27.5. The monoisotopic (exact) mass is 491 g/mol. The zero-order valence-corrected chi connectivity index (χ0v) is 19.2. The van der Waals surface area contributed by atoms with Crippen molar-refractivity contribution < 1.29 is 23.1 Å². The number of halogens is 3. The number of ether oxygens (including phenoxy) is 1. The lowest BCUT2D eigenvalue weighted by atomic mass is 10.2. The van der Waals surface area contributed by atoms with Crippen molar-refractivity contribution in [2.24, 2.45) is 0 Å². The maximum atomic E-state index is 14.6. The molecular weight excluding hydrogens is 472 g/mol. The van der Waals surface area contributed by atoms with Gasteiger partial charge in [0, 0.05) is 18.8 Å². The number of benzene rings is 2. The summed E-state index contributed by atoms with van der Waals surface area (Å²) in [6, 6.07) is 9.70. The number of nitrogens with zero attached hydrogens (tertiary/aromatic N) is 1. The van der Waals surface area contributed by atoms with Crippen LogP contribution >= 0.6 is 22.9 Å². The minimum Gasteiger partial charge on any atom is -0.378 e. The van der Waals surface area contributed by atoms with E-state index in [2.05, 4.69) is 10.6 Å². The van der Waals surface area contributed by atoms with Gasteiger partial charge in [0.05, 0.1) is 39.4 Å². The first-order chi connectivity index (χ1) is 15.8. The van der Waals surface area contributed by atoms with Gasteiger partial charge in [-0.15, -0.1) is 11.3 Å². The molecule has 1 aliphatic rings. The fourth-order valence-electron chi connectivity index (χ4n) is 3.46. The standard InChI is InChI=1S/C23H20ClF2N3O3S/c1-13-10-20(28-22(30)16-4-2-14(25)11-17(16)24)33-21(13)23(31)27-15-3-5-19(18(26)12-15)29-6-8-32-9-7-29/h2-5,10-12H,6-9H2,1H3,(H,27,31)(H,28,30). The van der Waals surface area contributed by atoms with Gasteiger partial charge in [0.1, 0.15) is 11.6 Å². The van der Waals surface area contributed by atoms with Gasteiger partial charge < -0.3 is 20.3 Å². The molecule has 10 heteroatoms. The number of thiophene rings is 1. The van der Waals surface area contributed by atoms with Crippen LogP contribution in [-0.2, 0) is 4.74 Å². The number of aryl methyl sites for hydroxylation is 1. The molecule has 1 saturated heterocycles. The van der Waals surface area contributed by atoms with E-state index in [9.17, 15) is 18.4 Å². The topological polar surface area (TPSA) is 70.7 Å². The van der Waals surface area contributed by atoms with Crippen molar-refractivity contribution in [3.05, 3.63) is 75.1 Å². The number of hydrogen-bond acceptors (Lipinski definition) is 5. The third-order valence-corrected chi connectivity index (χ3v) is 6.56. The molecular formula is C23H20ClF2N3O3S. The predicted octanol–water partition coefficient (Wildman–Crippen LogP) is 5.33. The third-order valence-electron chi connectivity index (χ3n) is 5.09. The Labute approximate surface area is 198 Å². The van der Waals surface area contributed by atoms with Crippen LogP contribution in [0.25, 0.3) is 0 Å². The van der Waals surface area contributed by atoms with Gasteiger partial charge in [-0.05, 0) is 55.0 Å². The van der Waals surface area contributed by atoms with Crippen molar-refractivity contribution in [2.75, 3.05) is 41.8 Å². The SMILES string of the molecule is Cc1cc(NC(=O)c2ccc(F)cc2Cl)sc1C(=O)Nc1ccc(N2CCOCC2)c(F)c1. The van der Waals surface area contributed by atoms with Gasteiger partial charge in [-0.2, -0.15) is 0 Å². The zero-order chi connectivity index (χ0) is 23.5. The molecule has 1 aromatic heterocycles. The second-order valence-electron chi connectivity index (χ2n) is 7.42. The van der Waals surface area contributed by atoms with Gasteiger partial charge in [-0.1, -0.05) is 11.6 Å². The molecule has 0 aliphatic carbocycles. The lowest BCUT2D eigenvalue weighted by Gasteiger charge is -2.29. The molecule has 2 heterocycles. The van der Waals surface area contributed by atoms with E-state index in [1.165, 1.54) is 12.1 Å². The highest BCUT2D eigenvalue weighted by molar-refractivity contribution is 7.18. The molecule has 0 unspecified atom stereocenters. The first-order valence-corrected chi connectivity index (χ1v) is 11.3. The first kappa shape index (κ1) is 23.2. The molecule has 0 bridgehead atoms. The third kappa shape index (κ3) is 5.32. The van der Waals surface area contributed by atoms with Crippen LogP contribution in [-0.4, -0.2) is 38.1 Å². The average Bonchev–Trinajstić information content (AvgIpc) is 3.14. The van der Waals surface area contributed by atoms with Crippen molar-refractivity contribution in [3.63, 3.8) is 0 Å². The van der Waals surface area contributed by atoms with Crippen LogP contribution < -0.4 is 15.5 Å². The number of amides is 2. The Kier molecular flexibility index (Phi) is 6.92. The number of carbonyl (C=O) groups is 2. The number of nitrogens with one attached hydrogen (secondary N) is 2. The summed E-state index contributed by atoms with van der Waals surface area (Å²) in [5.74, 6) is -1.91. The van der Waals surface area contributed by atoms with Crippen LogP contribution in [0.3, 0.4) is 0 Å². The minimum atomic E-state index is -0.545. The second-order valence-corrected chi connectivity index (χ2v) is 8.88. The van der Waals surface area contributed by atoms with Crippen LogP contribution in [0.4, 0.5) is 25.2 Å². The second kappa shape index (κ2) is 9.86. The molecule has 0 radical (unpaired) electrons. The van der Waals surface area contributed by atoms with E-state index in [1.54, 1.807) is 25.1 Å². The summed E-state index contributed by atoms with van der Waals surface area (Å²) in [5.41, 5.74) is 1.55. The Balaban J connectivity index is 1.45. The highest BCUT2D eigenvalue weighted by Crippen LogP contribution is 2.30. The fourth-order valence-corrected chi connectivity index (χ4v) is 4.67. The lowest BCUT2D eigenvalue weighted by Crippen LogP contribution is -2.36. The van der Waals surface area contributed by atoms with Gasteiger partial charge >= 0.3 is 0 Å². The molecule has 6 nitrogen and oxygen atoms in total. The smallest absolute Gasteiger partial charge is 0.266 e. The van der Waals surface area contributed by atoms with Crippen LogP contribution in [0.1, 0.15) is 25.6 Å². The number of morpholine rings is 1. The maximum Gasteiger partial charge on any atom is 0.266 e. The van der Waals surface area contributed by atoms with Crippen molar-refractivity contribution in [2.45, 2.75) is 6.92 Å². The largest absolute Gasteiger partial charge is 0.378 e. The van der Waals surface area contributed by atoms with Gasteiger partial charge in [-0.3, -0.25) is 9.59 Å². The molecule has 4 rings (SSSR count). The molecule has 1 aliphatic heterocycles. The quantitative estimate of drug-likeness (QED) is 0.506. The maximum absolute atomic E-state index is 14.6. The van der Waals surface area contributed by atoms with Crippen molar-refractivity contribution in [3.8, 4) is 0 Å². The molecule has 0 atom stereocenters. The first-order valence-electron chi connectivity index (χ1n) is 10.1. The van der Waals surface area contributed by atoms with Gasteiger partial charge in [0.2, 0.25) is 0 Å². The van der Waals surface area contributed by atoms with Crippen molar-refractivity contribution in [1.82, 2.24) is 0 Å². The van der Waals surface area contributed by atoms with E-state index in [4.69, 9.17) is 16.3 Å².